The summed E-state index contributed by atoms with van der Waals surface area (Å²) in [5.74, 6) is -1.86. The number of piperidine rings is 1. The SMILES string of the molecule is CC(F)(F)c1ccc2[nH]c(C(=O)N[C@H](C(=O)N3CCC[C@H]3C(=O)N[C@@H](CCC(N)=O)C(=O)C[C@H](C(=O)NCCCCCCCCCC#Cc3cccc4c3CN(C3CCC(=O)NC3=O)C4=O)c3ccccc3)C3CCCC3)cc2c1. The van der Waals surface area contributed by atoms with Crippen molar-refractivity contribution in [2.75, 3.05) is 13.1 Å². The number of unbranched alkanes of at least 4 members (excludes halogenated alkanes) is 7. The molecule has 4 aliphatic rings. The number of benzene rings is 3. The van der Waals surface area contributed by atoms with Crippen LogP contribution in [0.2, 0.25) is 0 Å². The van der Waals surface area contributed by atoms with Gasteiger partial charge in [0.25, 0.3) is 17.7 Å². The second-order valence-corrected chi connectivity index (χ2v) is 21.8. The lowest BCUT2D eigenvalue weighted by molar-refractivity contribution is -0.141. The van der Waals surface area contributed by atoms with Crippen LogP contribution >= 0.6 is 0 Å². The predicted molar refractivity (Wildman–Crippen MR) is 294 cm³/mol. The van der Waals surface area contributed by atoms with Gasteiger partial charge in [0.05, 0.1) is 12.0 Å². The Morgan fingerprint density at radius 2 is 1.57 bits per heavy atom. The topological polar surface area (TPSA) is 250 Å². The number of primary amides is 1. The van der Waals surface area contributed by atoms with Gasteiger partial charge in [0.15, 0.2) is 5.78 Å². The maximum atomic E-state index is 14.5. The number of aromatic nitrogens is 1. The minimum atomic E-state index is -3.08. The Bertz CT molecular complexity index is 3030. The maximum Gasteiger partial charge on any atom is 0.270 e. The number of hydrogen-bond acceptors (Lipinski definition) is 9. The van der Waals surface area contributed by atoms with E-state index < -0.39 is 71.3 Å². The zero-order chi connectivity index (χ0) is 56.9. The molecule has 3 fully saturated rings. The number of H-pyrrole nitrogens is 1. The van der Waals surface area contributed by atoms with Gasteiger partial charge in [-0.15, -0.1) is 0 Å². The molecule has 19 heteroatoms. The molecule has 7 N–H and O–H groups in total. The number of nitrogens with zero attached hydrogens (tertiary/aromatic N) is 2. The normalized spacial score (nSPS) is 18.5. The van der Waals surface area contributed by atoms with E-state index in [0.717, 1.165) is 75.8 Å². The number of rotatable bonds is 25. The van der Waals surface area contributed by atoms with Crippen LogP contribution in [-0.2, 0) is 46.0 Å². The number of likely N-dealkylation sites (tertiary alicyclic amines) is 1. The molecule has 3 aliphatic heterocycles. The van der Waals surface area contributed by atoms with Crippen LogP contribution in [0.1, 0.15) is 178 Å². The first-order valence-electron chi connectivity index (χ1n) is 28.3. The molecule has 424 valence electrons. The largest absolute Gasteiger partial charge is 0.370 e. The van der Waals surface area contributed by atoms with E-state index in [2.05, 4.69) is 38.1 Å². The molecule has 8 amide bonds. The second kappa shape index (κ2) is 26.9. The number of fused-ring (bicyclic) bond motifs is 2. The van der Waals surface area contributed by atoms with Crippen LogP contribution in [0.15, 0.2) is 72.8 Å². The van der Waals surface area contributed by atoms with Gasteiger partial charge in [0, 0.05) is 79.8 Å². The van der Waals surface area contributed by atoms with Gasteiger partial charge in [-0.25, -0.2) is 8.78 Å². The Hall–Kier alpha value is -7.75. The Labute approximate surface area is 464 Å². The number of carbonyl (C=O) groups is 9. The highest BCUT2D eigenvalue weighted by Crippen LogP contribution is 2.34. The van der Waals surface area contributed by atoms with Gasteiger partial charge >= 0.3 is 0 Å². The molecule has 80 heavy (non-hydrogen) atoms. The van der Waals surface area contributed by atoms with Crippen molar-refractivity contribution < 1.29 is 51.9 Å². The number of aromatic amines is 1. The molecule has 1 unspecified atom stereocenters. The van der Waals surface area contributed by atoms with Crippen LogP contribution in [0.3, 0.4) is 0 Å². The number of Topliss-reactive ketones (excluding diaryl/α,β-unsaturated/α-hetero) is 1. The van der Waals surface area contributed by atoms with Crippen LogP contribution in [0.4, 0.5) is 8.78 Å². The minimum absolute atomic E-state index is 0.0970. The van der Waals surface area contributed by atoms with Crippen molar-refractivity contribution in [2.45, 2.75) is 171 Å². The molecule has 0 bridgehead atoms. The zero-order valence-electron chi connectivity index (χ0n) is 45.4. The van der Waals surface area contributed by atoms with E-state index in [-0.39, 0.29) is 80.1 Å². The monoisotopic (exact) mass is 1100 g/mol. The lowest BCUT2D eigenvalue weighted by Crippen LogP contribution is -2.57. The molecule has 3 aromatic carbocycles. The van der Waals surface area contributed by atoms with E-state index in [1.54, 1.807) is 42.5 Å². The zero-order valence-corrected chi connectivity index (χ0v) is 45.4. The average molecular weight is 1100 g/mol. The molecule has 5 atom stereocenters. The molecule has 2 saturated heterocycles. The molecular formula is C61H72F2N8O9. The third-order valence-corrected chi connectivity index (χ3v) is 16.0. The van der Waals surface area contributed by atoms with Gasteiger partial charge in [0.1, 0.15) is 23.8 Å². The molecule has 17 nitrogen and oxygen atoms in total. The summed E-state index contributed by atoms with van der Waals surface area (Å²) in [5.41, 5.74) is 8.62. The maximum absolute atomic E-state index is 14.5. The average Bonchev–Trinajstić information content (AvgIpc) is 4.29. The first kappa shape index (κ1) is 58.4. The van der Waals surface area contributed by atoms with E-state index in [1.807, 2.05) is 6.07 Å². The van der Waals surface area contributed by atoms with Gasteiger partial charge in [-0.2, -0.15) is 0 Å². The minimum Gasteiger partial charge on any atom is -0.370 e. The van der Waals surface area contributed by atoms with E-state index >= 15 is 0 Å². The number of nitrogens with two attached hydrogens (primary N) is 1. The quantitative estimate of drug-likeness (QED) is 0.0225. The molecule has 1 aromatic heterocycles. The molecule has 4 heterocycles. The summed E-state index contributed by atoms with van der Waals surface area (Å²) in [6.07, 6.45) is 10.9. The second-order valence-electron chi connectivity index (χ2n) is 21.8. The Morgan fingerprint density at radius 3 is 2.30 bits per heavy atom. The standard InChI is InChI=1S/C61H72F2N8O9/c1-61(62,63)42-26-27-46-41(34-42)35-48(66-46)56(76)69-54(40-21-13-14-22-40)60(80)70-33-17-25-49(70)57(77)67-47(28-30-52(64)73)51(72)36-44(38-18-11-9-12-19-38)55(75)65-32-15-8-6-4-2-3-5-7-10-20-39-23-16-24-43-45(39)37-71(59(43)79)50-29-31-53(74)68-58(50)78/h9,11-12,16,18-19,23-24,26-27,34-35,40,44,47,49-50,54,66H,2-8,13-15,17,21-22,25,28-33,36-37H2,1H3,(H2,64,73)(H,65,75)(H,67,77)(H,69,76)(H,68,74,78)/t44-,47-,49-,50?,54-/m0/s1. The van der Waals surface area contributed by atoms with Gasteiger partial charge in [-0.1, -0.05) is 99.3 Å². The molecule has 0 spiro atoms. The third kappa shape index (κ3) is 14.7. The number of hydrogen-bond donors (Lipinski definition) is 6. The van der Waals surface area contributed by atoms with Gasteiger partial charge in [0.2, 0.25) is 35.4 Å². The fourth-order valence-corrected chi connectivity index (χ4v) is 11.6. The number of ketones is 1. The van der Waals surface area contributed by atoms with Crippen molar-refractivity contribution in [1.82, 2.24) is 36.1 Å². The van der Waals surface area contributed by atoms with Gasteiger partial charge in [-0.05, 0) is 98.7 Å². The third-order valence-electron chi connectivity index (χ3n) is 16.0. The van der Waals surface area contributed by atoms with E-state index in [1.165, 1.54) is 34.1 Å². The molecule has 8 rings (SSSR count). The summed E-state index contributed by atoms with van der Waals surface area (Å²) in [5, 5.41) is 11.5. The Balaban J connectivity index is 0.801. The van der Waals surface area contributed by atoms with E-state index in [4.69, 9.17) is 5.73 Å². The van der Waals surface area contributed by atoms with Crippen LogP contribution < -0.4 is 27.0 Å². The molecule has 0 radical (unpaired) electrons. The lowest BCUT2D eigenvalue weighted by Gasteiger charge is -2.32. The molecule has 1 aliphatic carbocycles. The first-order valence-corrected chi connectivity index (χ1v) is 28.3. The highest BCUT2D eigenvalue weighted by atomic mass is 19.3. The van der Waals surface area contributed by atoms with Crippen LogP contribution in [0, 0.1) is 17.8 Å². The summed E-state index contributed by atoms with van der Waals surface area (Å²) in [6.45, 7) is 1.69. The number of nitrogens with one attached hydrogen (secondary N) is 5. The van der Waals surface area contributed by atoms with Gasteiger partial charge in [-0.3, -0.25) is 48.5 Å². The van der Waals surface area contributed by atoms with Gasteiger partial charge < -0.3 is 36.5 Å². The predicted octanol–water partition coefficient (Wildman–Crippen LogP) is 7.10. The van der Waals surface area contributed by atoms with Crippen molar-refractivity contribution in [3.63, 3.8) is 0 Å². The Kier molecular flexibility index (Phi) is 19.7. The highest BCUT2D eigenvalue weighted by Gasteiger charge is 2.43. The van der Waals surface area contributed by atoms with Crippen molar-refractivity contribution in [3.05, 3.63) is 106 Å². The number of imide groups is 1. The number of carbonyl (C=O) groups excluding carboxylic acids is 9. The summed E-state index contributed by atoms with van der Waals surface area (Å²) < 4.78 is 28.2. The summed E-state index contributed by atoms with van der Waals surface area (Å²) >= 11 is 0. The van der Waals surface area contributed by atoms with Crippen molar-refractivity contribution in [3.8, 4) is 11.8 Å². The lowest BCUT2D eigenvalue weighted by atomic mass is 9.89. The summed E-state index contributed by atoms with van der Waals surface area (Å²) in [4.78, 5) is 126. The van der Waals surface area contributed by atoms with Crippen LogP contribution in [0.25, 0.3) is 10.9 Å². The number of amides is 8. The molecular weight excluding hydrogens is 1030 g/mol. The Morgan fingerprint density at radius 1 is 0.838 bits per heavy atom. The van der Waals surface area contributed by atoms with E-state index in [0.29, 0.717) is 60.7 Å². The first-order chi connectivity index (χ1) is 38.5. The van der Waals surface area contributed by atoms with Crippen molar-refractivity contribution in [1.29, 1.82) is 0 Å². The fourth-order valence-electron chi connectivity index (χ4n) is 11.6. The fraction of sp³-hybridized carbons (Fsp3) is 0.492. The van der Waals surface area contributed by atoms with Crippen molar-refractivity contribution >= 4 is 63.9 Å². The van der Waals surface area contributed by atoms with E-state index in [9.17, 15) is 51.9 Å². The number of alkyl halides is 2. The molecule has 1 saturated carbocycles. The van der Waals surface area contributed by atoms with Crippen LogP contribution in [-0.4, -0.2) is 105 Å². The highest BCUT2D eigenvalue weighted by molar-refractivity contribution is 6.06. The summed E-state index contributed by atoms with van der Waals surface area (Å²) in [7, 11) is 0. The summed E-state index contributed by atoms with van der Waals surface area (Å²) in [6, 6.07) is 16.0. The van der Waals surface area contributed by atoms with Crippen molar-refractivity contribution in [2.24, 2.45) is 11.7 Å². The number of halogens is 2. The molecule has 4 aromatic rings. The smallest absolute Gasteiger partial charge is 0.270 e. The van der Waals surface area contributed by atoms with Crippen LogP contribution in [0.5, 0.6) is 0 Å².